The molecule has 0 aromatic heterocycles. The third kappa shape index (κ3) is 9.28. The second kappa shape index (κ2) is 18.7. The lowest BCUT2D eigenvalue weighted by Crippen LogP contribution is -2.52. The minimum Gasteiger partial charge on any atom is -0.394 e. The van der Waals surface area contributed by atoms with Crippen molar-refractivity contribution in [2.45, 2.75) is 142 Å². The monoisotopic (exact) mass is 1130 g/mol. The molecule has 15 atom stereocenters. The van der Waals surface area contributed by atoms with Crippen LogP contribution in [0.2, 0.25) is 58.9 Å². The van der Waals surface area contributed by atoms with E-state index in [1.165, 1.54) is 43.9 Å². The zero-order valence-electron chi connectivity index (χ0n) is 45.8. The Kier molecular flexibility index (Phi) is 13.6. The standard InChI is InChI=1S/C24H35NSi.C20H26BrNSi.C19H24BrNSi/c1-16-18-10-8-9-11-19(18)22-20-14-17(24(2,3)4)12-13-21(20)25(23(16)22)15-26(5,6)7;1-13-15-7-5-6-8-16(15)19-17-11-14(21)9-10-18(17)22(20(13)19)12-23(2,3)4;1-12-14-7-5-6-8-15(14)18-16-11-13(20)9-10-17(16)21(19(12)18)22(2,3)4/h8-14,16,18-19,22-23H,15H2,1-7H3;5-11,13,15-16,19-20H,12H2,1-4H3;5-12,14-15,18-19H,1-4H3. The van der Waals surface area contributed by atoms with Gasteiger partial charge in [0.2, 0.25) is 0 Å². The van der Waals surface area contributed by atoms with Gasteiger partial charge >= 0.3 is 0 Å². The first-order valence-corrected chi connectivity index (χ1v) is 39.9. The summed E-state index contributed by atoms with van der Waals surface area (Å²) in [5.41, 5.74) is 11.0. The van der Waals surface area contributed by atoms with Gasteiger partial charge < -0.3 is 14.4 Å². The van der Waals surface area contributed by atoms with Crippen LogP contribution in [0, 0.1) is 53.3 Å². The lowest BCUT2D eigenvalue weighted by atomic mass is 9.79. The summed E-state index contributed by atoms with van der Waals surface area (Å²) in [7, 11) is -3.77. The van der Waals surface area contributed by atoms with Gasteiger partial charge in [0.1, 0.15) is 8.24 Å². The number of benzene rings is 3. The molecule has 6 aliphatic carbocycles. The van der Waals surface area contributed by atoms with Gasteiger partial charge in [-0.25, -0.2) is 0 Å². The van der Waals surface area contributed by atoms with Crippen LogP contribution in [0.5, 0.6) is 0 Å². The predicted molar refractivity (Wildman–Crippen MR) is 323 cm³/mol. The van der Waals surface area contributed by atoms with E-state index < -0.39 is 24.4 Å². The number of fused-ring (bicyclic) bond motifs is 15. The molecule has 0 N–H and O–H groups in total. The Hall–Kier alpha value is -2.89. The Morgan fingerprint density at radius 3 is 1.17 bits per heavy atom. The van der Waals surface area contributed by atoms with Crippen molar-refractivity contribution in [3.05, 3.63) is 159 Å². The molecular weight excluding hydrogens is 1040 g/mol. The minimum absolute atomic E-state index is 0.211. The first-order chi connectivity index (χ1) is 33.3. The summed E-state index contributed by atoms with van der Waals surface area (Å²) < 4.78 is 5.27. The zero-order valence-corrected chi connectivity index (χ0v) is 52.0. The second-order valence-corrected chi connectivity index (χ2v) is 45.3. The maximum absolute atomic E-state index is 3.70. The van der Waals surface area contributed by atoms with Crippen molar-refractivity contribution in [2.24, 2.45) is 53.3 Å². The van der Waals surface area contributed by atoms with Gasteiger partial charge in [0.25, 0.3) is 0 Å². The lowest BCUT2D eigenvalue weighted by molar-refractivity contribution is 0.421. The molecule has 3 aromatic carbocycles. The van der Waals surface area contributed by atoms with Crippen molar-refractivity contribution in [2.75, 3.05) is 26.7 Å². The van der Waals surface area contributed by atoms with Gasteiger partial charge in [-0.05, 0) is 123 Å². The van der Waals surface area contributed by atoms with Gasteiger partial charge in [-0.3, -0.25) is 0 Å². The highest BCUT2D eigenvalue weighted by Crippen LogP contribution is 2.62. The van der Waals surface area contributed by atoms with E-state index in [-0.39, 0.29) is 5.41 Å². The number of rotatable bonds is 5. The van der Waals surface area contributed by atoms with Gasteiger partial charge in [-0.15, -0.1) is 0 Å². The maximum atomic E-state index is 3.70. The first-order valence-electron chi connectivity index (χ1n) is 27.4. The van der Waals surface area contributed by atoms with Crippen molar-refractivity contribution >= 4 is 73.3 Å². The average Bonchev–Trinajstić information content (AvgIpc) is 4.10. The molecule has 378 valence electrons. The summed E-state index contributed by atoms with van der Waals surface area (Å²) in [4.78, 5) is 5.60. The molecule has 3 aliphatic heterocycles. The minimum atomic E-state index is -1.41. The van der Waals surface area contributed by atoms with Gasteiger partial charge in [-0.2, -0.15) is 0 Å². The molecule has 3 fully saturated rings. The van der Waals surface area contributed by atoms with E-state index in [2.05, 4.69) is 274 Å². The maximum Gasteiger partial charge on any atom is 0.147 e. The Balaban J connectivity index is 0.000000123. The Bertz CT molecular complexity index is 2710. The highest BCUT2D eigenvalue weighted by Gasteiger charge is 2.58. The zero-order chi connectivity index (χ0) is 50.9. The van der Waals surface area contributed by atoms with E-state index in [1.807, 2.05) is 0 Å². The smallest absolute Gasteiger partial charge is 0.147 e. The molecule has 0 radical (unpaired) electrons. The van der Waals surface area contributed by atoms with E-state index in [0.29, 0.717) is 89.1 Å². The Morgan fingerprint density at radius 1 is 0.437 bits per heavy atom. The number of nitrogens with zero attached hydrogens (tertiary/aromatic N) is 3. The molecule has 9 aliphatic rings. The lowest BCUT2D eigenvalue weighted by Gasteiger charge is -2.41. The van der Waals surface area contributed by atoms with E-state index in [9.17, 15) is 0 Å². The highest BCUT2D eigenvalue weighted by atomic mass is 79.9. The number of halogens is 2. The number of hydrogen-bond acceptors (Lipinski definition) is 3. The molecule has 15 unspecified atom stereocenters. The largest absolute Gasteiger partial charge is 0.394 e. The van der Waals surface area contributed by atoms with Crippen molar-refractivity contribution in [3.63, 3.8) is 0 Å². The molecular formula is C63H85Br2N3Si3. The van der Waals surface area contributed by atoms with E-state index in [4.69, 9.17) is 0 Å². The summed E-state index contributed by atoms with van der Waals surface area (Å²) in [5.74, 6) is 8.21. The molecule has 12 rings (SSSR count). The molecule has 3 heterocycles. The van der Waals surface area contributed by atoms with Crippen molar-refractivity contribution < 1.29 is 0 Å². The van der Waals surface area contributed by atoms with Crippen molar-refractivity contribution in [1.82, 2.24) is 0 Å². The molecule has 0 saturated heterocycles. The van der Waals surface area contributed by atoms with Crippen LogP contribution in [-0.4, -0.2) is 54.8 Å². The van der Waals surface area contributed by atoms with Crippen LogP contribution in [0.1, 0.15) is 81.5 Å². The van der Waals surface area contributed by atoms with Crippen molar-refractivity contribution in [1.29, 1.82) is 0 Å². The van der Waals surface area contributed by atoms with Crippen LogP contribution in [-0.2, 0) is 5.41 Å². The Morgan fingerprint density at radius 2 is 0.775 bits per heavy atom. The summed E-state index contributed by atoms with van der Waals surface area (Å²) in [6, 6.07) is 23.3. The van der Waals surface area contributed by atoms with Crippen molar-refractivity contribution in [3.8, 4) is 0 Å². The molecule has 0 bridgehead atoms. The summed E-state index contributed by atoms with van der Waals surface area (Å²) in [5, 5.41) is 0. The second-order valence-electron chi connectivity index (χ2n) is 27.7. The number of hydrogen-bond donors (Lipinski definition) is 0. The summed E-state index contributed by atoms with van der Waals surface area (Å²) >= 11 is 7.40. The SMILES string of the molecule is CC1C2C=CC=CC2C2c3cc(Br)ccc3N(C[Si](C)(C)C)C12.CC1C2C=CC=CC2C2c3cc(Br)ccc3N([Si](C)(C)C)C12.CC1C2C=CC=CC2C2c3cc(C(C)(C)C)ccc3N(C[Si](C)(C)C)C12. The van der Waals surface area contributed by atoms with Crippen LogP contribution in [0.25, 0.3) is 0 Å². The third-order valence-electron chi connectivity index (χ3n) is 18.3. The number of anilines is 3. The third-order valence-corrected chi connectivity index (χ3v) is 23.9. The fourth-order valence-corrected chi connectivity index (χ4v) is 21.5. The molecule has 0 spiro atoms. The van der Waals surface area contributed by atoms with Crippen LogP contribution in [0.3, 0.4) is 0 Å². The molecule has 3 aromatic rings. The van der Waals surface area contributed by atoms with E-state index in [1.54, 1.807) is 16.7 Å². The molecule has 0 amide bonds. The van der Waals surface area contributed by atoms with E-state index in [0.717, 1.165) is 0 Å². The average molecular weight is 1130 g/mol. The fraction of sp³-hybridized carbons (Fsp3) is 0.524. The van der Waals surface area contributed by atoms with Gasteiger partial charge in [0.05, 0.1) is 16.1 Å². The van der Waals surface area contributed by atoms with Gasteiger partial charge in [-0.1, -0.05) is 217 Å². The van der Waals surface area contributed by atoms with Gasteiger partial charge in [0, 0.05) is 74.2 Å². The predicted octanol–water partition coefficient (Wildman–Crippen LogP) is 17.3. The van der Waals surface area contributed by atoms with Gasteiger partial charge in [0.15, 0.2) is 0 Å². The molecule has 3 nitrogen and oxygen atoms in total. The number of allylic oxidation sites excluding steroid dienone is 12. The topological polar surface area (TPSA) is 9.72 Å². The van der Waals surface area contributed by atoms with E-state index >= 15 is 0 Å². The normalized spacial score (nSPS) is 34.1. The first kappa shape index (κ1) is 51.6. The van der Waals surface area contributed by atoms with Crippen LogP contribution in [0.4, 0.5) is 17.1 Å². The molecule has 3 saturated carbocycles. The fourth-order valence-electron chi connectivity index (χ4n) is 15.8. The highest BCUT2D eigenvalue weighted by molar-refractivity contribution is 9.10. The summed E-state index contributed by atoms with van der Waals surface area (Å²) in [6.45, 7) is 36.9. The van der Waals surface area contributed by atoms with Crippen LogP contribution in [0.15, 0.2) is 136 Å². The Labute approximate surface area is 450 Å². The van der Waals surface area contributed by atoms with Crippen LogP contribution < -0.4 is 14.4 Å². The summed E-state index contributed by atoms with van der Waals surface area (Å²) in [6.07, 6.45) is 30.9. The molecule has 8 heteroatoms. The van der Waals surface area contributed by atoms with Crippen LogP contribution >= 0.6 is 31.9 Å². The quantitative estimate of drug-likeness (QED) is 0.236. The molecule has 71 heavy (non-hydrogen) atoms.